The molecule has 0 saturated heterocycles. The molecule has 2 amide bonds. The number of hydrogen-bond acceptors (Lipinski definition) is 5. The highest BCUT2D eigenvalue weighted by Gasteiger charge is 2.17. The minimum atomic E-state index is -0.307. The van der Waals surface area contributed by atoms with E-state index in [0.29, 0.717) is 47.7 Å². The van der Waals surface area contributed by atoms with Crippen molar-refractivity contribution in [3.05, 3.63) is 47.5 Å². The molecule has 1 N–H and O–H groups in total. The molecule has 0 unspecified atom stereocenters. The number of hydrogen-bond donors (Lipinski definition) is 1. The second-order valence-corrected chi connectivity index (χ2v) is 6.49. The Morgan fingerprint density at radius 3 is 2.54 bits per heavy atom. The second-order valence-electron chi connectivity index (χ2n) is 6.06. The van der Waals surface area contributed by atoms with E-state index in [1.807, 2.05) is 0 Å². The van der Waals surface area contributed by atoms with E-state index in [2.05, 4.69) is 5.32 Å². The zero-order chi connectivity index (χ0) is 19.9. The average Bonchev–Trinajstić information content (AvgIpc) is 2.71. The van der Waals surface area contributed by atoms with Gasteiger partial charge in [-0.05, 0) is 43.3 Å². The van der Waals surface area contributed by atoms with Gasteiger partial charge < -0.3 is 24.4 Å². The van der Waals surface area contributed by atoms with Crippen molar-refractivity contribution in [2.75, 3.05) is 38.2 Å². The third kappa shape index (κ3) is 5.29. The predicted octanol–water partition coefficient (Wildman–Crippen LogP) is 2.98. The standard InChI is InChI=1S/C20H21ClN2O5/c1-2-23(20(25)13-28-16-6-3-14(21)4-7-16)12-19(24)22-15-5-8-17-18(11-15)27-10-9-26-17/h3-8,11H,2,9-10,12-13H2,1H3,(H,22,24). The van der Waals surface area contributed by atoms with Crippen molar-refractivity contribution in [2.45, 2.75) is 6.92 Å². The molecule has 0 aromatic heterocycles. The Labute approximate surface area is 168 Å². The average molecular weight is 405 g/mol. The van der Waals surface area contributed by atoms with Gasteiger partial charge in [-0.2, -0.15) is 0 Å². The van der Waals surface area contributed by atoms with Crippen molar-refractivity contribution in [1.29, 1.82) is 0 Å². The molecule has 8 heteroatoms. The fraction of sp³-hybridized carbons (Fsp3) is 0.300. The van der Waals surface area contributed by atoms with E-state index in [-0.39, 0.29) is 25.0 Å². The first-order chi connectivity index (χ1) is 13.5. The molecule has 0 radical (unpaired) electrons. The van der Waals surface area contributed by atoms with Crippen molar-refractivity contribution in [3.8, 4) is 17.2 Å². The van der Waals surface area contributed by atoms with Crippen LogP contribution in [0, 0.1) is 0 Å². The lowest BCUT2D eigenvalue weighted by Crippen LogP contribution is -2.40. The molecular weight excluding hydrogens is 384 g/mol. The zero-order valence-corrected chi connectivity index (χ0v) is 16.2. The van der Waals surface area contributed by atoms with E-state index in [1.165, 1.54) is 4.90 Å². The summed E-state index contributed by atoms with van der Waals surface area (Å²) in [7, 11) is 0. The zero-order valence-electron chi connectivity index (χ0n) is 15.4. The van der Waals surface area contributed by atoms with Gasteiger partial charge in [0.2, 0.25) is 5.91 Å². The maximum Gasteiger partial charge on any atom is 0.260 e. The van der Waals surface area contributed by atoms with E-state index in [0.717, 1.165) is 0 Å². The number of likely N-dealkylation sites (N-methyl/N-ethyl adjacent to an activating group) is 1. The number of anilines is 1. The van der Waals surface area contributed by atoms with Gasteiger partial charge in [0.25, 0.3) is 5.91 Å². The Kier molecular flexibility index (Phi) is 6.60. The monoisotopic (exact) mass is 404 g/mol. The summed E-state index contributed by atoms with van der Waals surface area (Å²) in [6.45, 7) is 2.93. The molecule has 1 heterocycles. The van der Waals surface area contributed by atoms with E-state index in [9.17, 15) is 9.59 Å². The van der Waals surface area contributed by atoms with Gasteiger partial charge in [0, 0.05) is 23.3 Å². The second kappa shape index (κ2) is 9.32. The van der Waals surface area contributed by atoms with Crippen LogP contribution < -0.4 is 19.5 Å². The number of halogens is 1. The third-order valence-electron chi connectivity index (χ3n) is 4.07. The molecule has 2 aromatic carbocycles. The summed E-state index contributed by atoms with van der Waals surface area (Å²) in [5.74, 6) is 1.18. The molecule has 1 aliphatic rings. The number of rotatable bonds is 7. The number of ether oxygens (including phenoxy) is 3. The number of carbonyl (C=O) groups is 2. The molecule has 2 aromatic rings. The van der Waals surface area contributed by atoms with Crippen LogP contribution in [0.1, 0.15) is 6.92 Å². The number of nitrogens with one attached hydrogen (secondary N) is 1. The molecule has 3 rings (SSSR count). The maximum atomic E-state index is 12.4. The molecular formula is C20H21ClN2O5. The van der Waals surface area contributed by atoms with Gasteiger partial charge in [0.05, 0.1) is 6.54 Å². The van der Waals surface area contributed by atoms with Crippen molar-refractivity contribution in [1.82, 2.24) is 4.90 Å². The van der Waals surface area contributed by atoms with Crippen LogP contribution in [0.3, 0.4) is 0 Å². The Hall–Kier alpha value is -2.93. The molecule has 0 fully saturated rings. The summed E-state index contributed by atoms with van der Waals surface area (Å²) >= 11 is 5.82. The van der Waals surface area contributed by atoms with Gasteiger partial charge in [0.15, 0.2) is 18.1 Å². The molecule has 0 bridgehead atoms. The molecule has 28 heavy (non-hydrogen) atoms. The van der Waals surface area contributed by atoms with Crippen LogP contribution in [-0.2, 0) is 9.59 Å². The first kappa shape index (κ1) is 19.8. The van der Waals surface area contributed by atoms with E-state index in [1.54, 1.807) is 49.4 Å². The molecule has 7 nitrogen and oxygen atoms in total. The lowest BCUT2D eigenvalue weighted by atomic mass is 10.2. The van der Waals surface area contributed by atoms with Crippen molar-refractivity contribution in [2.24, 2.45) is 0 Å². The predicted molar refractivity (Wildman–Crippen MR) is 105 cm³/mol. The quantitative estimate of drug-likeness (QED) is 0.767. The molecule has 0 atom stereocenters. The summed E-state index contributed by atoms with van der Waals surface area (Å²) in [5, 5.41) is 3.36. The fourth-order valence-corrected chi connectivity index (χ4v) is 2.76. The van der Waals surface area contributed by atoms with E-state index in [4.69, 9.17) is 25.8 Å². The van der Waals surface area contributed by atoms with E-state index >= 15 is 0 Å². The molecule has 0 aliphatic carbocycles. The van der Waals surface area contributed by atoms with Crippen molar-refractivity contribution < 1.29 is 23.8 Å². The summed E-state index contributed by atoms with van der Waals surface area (Å²) in [5.41, 5.74) is 0.579. The highest BCUT2D eigenvalue weighted by Crippen LogP contribution is 2.32. The molecule has 1 aliphatic heterocycles. The topological polar surface area (TPSA) is 77.1 Å². The molecule has 0 spiro atoms. The minimum absolute atomic E-state index is 0.0756. The SMILES string of the molecule is CCN(CC(=O)Nc1ccc2c(c1)OCCO2)C(=O)COc1ccc(Cl)cc1. The molecule has 0 saturated carbocycles. The number of benzene rings is 2. The van der Waals surface area contributed by atoms with Crippen LogP contribution in [0.15, 0.2) is 42.5 Å². The van der Waals surface area contributed by atoms with Crippen molar-refractivity contribution >= 4 is 29.1 Å². The Balaban J connectivity index is 1.52. The Bertz CT molecular complexity index is 841. The normalized spacial score (nSPS) is 12.2. The van der Waals surface area contributed by atoms with Gasteiger partial charge in [-0.1, -0.05) is 11.6 Å². The lowest BCUT2D eigenvalue weighted by molar-refractivity contribution is -0.136. The van der Waals surface area contributed by atoms with Crippen LogP contribution in [-0.4, -0.2) is 49.6 Å². The number of fused-ring (bicyclic) bond motifs is 1. The first-order valence-electron chi connectivity index (χ1n) is 8.91. The fourth-order valence-electron chi connectivity index (χ4n) is 2.64. The number of amides is 2. The van der Waals surface area contributed by atoms with Gasteiger partial charge in [0.1, 0.15) is 19.0 Å². The van der Waals surface area contributed by atoms with E-state index < -0.39 is 0 Å². The summed E-state index contributed by atoms with van der Waals surface area (Å²) in [6.07, 6.45) is 0. The Morgan fingerprint density at radius 1 is 1.11 bits per heavy atom. The van der Waals surface area contributed by atoms with Gasteiger partial charge in [-0.25, -0.2) is 0 Å². The van der Waals surface area contributed by atoms with Gasteiger partial charge in [-0.3, -0.25) is 9.59 Å². The number of carbonyl (C=O) groups excluding carboxylic acids is 2. The summed E-state index contributed by atoms with van der Waals surface area (Å²) in [4.78, 5) is 26.1. The Morgan fingerprint density at radius 2 is 1.82 bits per heavy atom. The molecule has 148 valence electrons. The van der Waals surface area contributed by atoms with Crippen LogP contribution >= 0.6 is 11.6 Å². The third-order valence-corrected chi connectivity index (χ3v) is 4.32. The van der Waals surface area contributed by atoms with Crippen LogP contribution in [0.4, 0.5) is 5.69 Å². The highest BCUT2D eigenvalue weighted by molar-refractivity contribution is 6.30. The summed E-state index contributed by atoms with van der Waals surface area (Å²) in [6, 6.07) is 11.9. The van der Waals surface area contributed by atoms with Crippen molar-refractivity contribution in [3.63, 3.8) is 0 Å². The largest absolute Gasteiger partial charge is 0.486 e. The van der Waals surface area contributed by atoms with Gasteiger partial charge >= 0.3 is 0 Å². The highest BCUT2D eigenvalue weighted by atomic mass is 35.5. The van der Waals surface area contributed by atoms with Crippen LogP contribution in [0.2, 0.25) is 5.02 Å². The smallest absolute Gasteiger partial charge is 0.260 e. The minimum Gasteiger partial charge on any atom is -0.486 e. The number of nitrogens with zero attached hydrogens (tertiary/aromatic N) is 1. The van der Waals surface area contributed by atoms with Gasteiger partial charge in [-0.15, -0.1) is 0 Å². The van der Waals surface area contributed by atoms with Crippen LogP contribution in [0.25, 0.3) is 0 Å². The summed E-state index contributed by atoms with van der Waals surface area (Å²) < 4.78 is 16.4. The van der Waals surface area contributed by atoms with Crippen LogP contribution in [0.5, 0.6) is 17.2 Å². The lowest BCUT2D eigenvalue weighted by Gasteiger charge is -2.21. The first-order valence-corrected chi connectivity index (χ1v) is 9.28. The maximum absolute atomic E-state index is 12.4.